The third-order valence-electron chi connectivity index (χ3n) is 3.74. The highest BCUT2D eigenvalue weighted by atomic mass is 32.2. The number of benzene rings is 2. The molecule has 2 aromatic rings. The maximum Gasteiger partial charge on any atom is 0.261 e. The van der Waals surface area contributed by atoms with E-state index >= 15 is 0 Å². The van der Waals surface area contributed by atoms with E-state index in [0.717, 1.165) is 6.07 Å². The van der Waals surface area contributed by atoms with Crippen LogP contribution in [-0.4, -0.2) is 45.8 Å². The first-order valence-corrected chi connectivity index (χ1v) is 9.46. The molecule has 0 fully saturated rings. The second-order valence-electron chi connectivity index (χ2n) is 6.06. The van der Waals surface area contributed by atoms with Gasteiger partial charge in [0.25, 0.3) is 15.9 Å². The predicted molar refractivity (Wildman–Crippen MR) is 99.4 cm³/mol. The highest BCUT2D eigenvalue weighted by Crippen LogP contribution is 2.19. The fourth-order valence-corrected chi connectivity index (χ4v) is 3.25. The number of carbonyl (C=O) groups excluding carboxylic acids is 2. The third-order valence-corrected chi connectivity index (χ3v) is 5.12. The van der Waals surface area contributed by atoms with Gasteiger partial charge in [-0.3, -0.25) is 14.3 Å². The Labute approximate surface area is 157 Å². The van der Waals surface area contributed by atoms with Gasteiger partial charge in [0.1, 0.15) is 5.82 Å². The van der Waals surface area contributed by atoms with E-state index in [2.05, 4.69) is 10.0 Å². The predicted octanol–water partition coefficient (Wildman–Crippen LogP) is 1.75. The van der Waals surface area contributed by atoms with Crippen LogP contribution in [0.3, 0.4) is 0 Å². The number of halogens is 1. The highest BCUT2D eigenvalue weighted by molar-refractivity contribution is 7.92. The molecule has 0 bridgehead atoms. The Hall–Kier alpha value is -2.94. The summed E-state index contributed by atoms with van der Waals surface area (Å²) in [4.78, 5) is 24.8. The molecule has 144 valence electrons. The van der Waals surface area contributed by atoms with Crippen LogP contribution in [0.5, 0.6) is 0 Å². The first kappa shape index (κ1) is 20.4. The number of hydrogen-bond acceptors (Lipinski definition) is 4. The molecular weight excluding hydrogens is 373 g/mol. The molecule has 27 heavy (non-hydrogen) atoms. The molecule has 0 aromatic heterocycles. The zero-order chi connectivity index (χ0) is 20.2. The van der Waals surface area contributed by atoms with E-state index in [1.807, 2.05) is 0 Å². The Morgan fingerprint density at radius 1 is 1.07 bits per heavy atom. The maximum atomic E-state index is 13.3. The fraction of sp³-hybridized carbons (Fsp3) is 0.222. The van der Waals surface area contributed by atoms with Gasteiger partial charge >= 0.3 is 0 Å². The van der Waals surface area contributed by atoms with Crippen molar-refractivity contribution in [3.05, 3.63) is 59.4 Å². The molecule has 0 atom stereocenters. The molecule has 2 aromatic carbocycles. The molecule has 0 heterocycles. The van der Waals surface area contributed by atoms with Gasteiger partial charge in [0, 0.05) is 25.3 Å². The Morgan fingerprint density at radius 3 is 2.26 bits per heavy atom. The molecule has 0 aliphatic carbocycles. The summed E-state index contributed by atoms with van der Waals surface area (Å²) in [5.41, 5.74) is 0.747. The van der Waals surface area contributed by atoms with E-state index in [-0.39, 0.29) is 34.2 Å². The summed E-state index contributed by atoms with van der Waals surface area (Å²) in [6.45, 7) is 1.34. The van der Waals surface area contributed by atoms with Gasteiger partial charge in [0.05, 0.1) is 11.4 Å². The number of likely N-dealkylation sites (N-methyl/N-ethyl adjacent to an activating group) is 1. The van der Waals surface area contributed by atoms with Crippen LogP contribution in [0.4, 0.5) is 10.1 Å². The summed E-state index contributed by atoms with van der Waals surface area (Å²) >= 11 is 0. The molecular formula is C18H20FN3O4S. The Balaban J connectivity index is 2.07. The van der Waals surface area contributed by atoms with Gasteiger partial charge in [-0.25, -0.2) is 12.8 Å². The minimum absolute atomic E-state index is 0.0644. The van der Waals surface area contributed by atoms with Crippen molar-refractivity contribution in [3.8, 4) is 0 Å². The lowest BCUT2D eigenvalue weighted by Gasteiger charge is -2.12. The molecule has 2 amide bonds. The van der Waals surface area contributed by atoms with Crippen molar-refractivity contribution >= 4 is 27.5 Å². The van der Waals surface area contributed by atoms with E-state index in [1.165, 1.54) is 48.2 Å². The Kier molecular flexibility index (Phi) is 6.17. The van der Waals surface area contributed by atoms with Crippen LogP contribution in [0.1, 0.15) is 15.9 Å². The zero-order valence-electron chi connectivity index (χ0n) is 15.1. The summed E-state index contributed by atoms with van der Waals surface area (Å²) in [7, 11) is -0.721. The number of carbonyl (C=O) groups is 2. The van der Waals surface area contributed by atoms with Crippen LogP contribution < -0.4 is 10.0 Å². The number of aryl methyl sites for hydroxylation is 1. The average molecular weight is 393 g/mol. The molecule has 2 rings (SSSR count). The number of hydrogen-bond donors (Lipinski definition) is 2. The van der Waals surface area contributed by atoms with Crippen LogP contribution in [0.25, 0.3) is 0 Å². The van der Waals surface area contributed by atoms with Crippen molar-refractivity contribution in [2.24, 2.45) is 0 Å². The van der Waals surface area contributed by atoms with Gasteiger partial charge in [-0.15, -0.1) is 0 Å². The summed E-state index contributed by atoms with van der Waals surface area (Å²) < 4.78 is 40.4. The van der Waals surface area contributed by atoms with Gasteiger partial charge in [0.2, 0.25) is 5.91 Å². The van der Waals surface area contributed by atoms with E-state index in [1.54, 1.807) is 14.1 Å². The van der Waals surface area contributed by atoms with E-state index < -0.39 is 21.7 Å². The Morgan fingerprint density at radius 2 is 1.70 bits per heavy atom. The van der Waals surface area contributed by atoms with Crippen molar-refractivity contribution in [2.75, 3.05) is 25.4 Å². The second-order valence-corrected chi connectivity index (χ2v) is 7.75. The number of nitrogens with zero attached hydrogens (tertiary/aromatic N) is 1. The lowest BCUT2D eigenvalue weighted by Crippen LogP contribution is -2.36. The Bertz CT molecular complexity index is 957. The highest BCUT2D eigenvalue weighted by Gasteiger charge is 2.16. The summed E-state index contributed by atoms with van der Waals surface area (Å²) in [5.74, 6) is -1.19. The largest absolute Gasteiger partial charge is 0.347 e. The first-order chi connectivity index (χ1) is 12.6. The minimum Gasteiger partial charge on any atom is -0.347 e. The minimum atomic E-state index is -3.88. The SMILES string of the molecule is Cc1cc(S(=O)(=O)Nc2ccc(C(=O)NCC(=O)N(C)C)cc2)ccc1F. The number of anilines is 1. The van der Waals surface area contributed by atoms with Crippen molar-refractivity contribution in [1.29, 1.82) is 0 Å². The quantitative estimate of drug-likeness (QED) is 0.782. The van der Waals surface area contributed by atoms with Crippen LogP contribution in [-0.2, 0) is 14.8 Å². The topological polar surface area (TPSA) is 95.6 Å². The van der Waals surface area contributed by atoms with Gasteiger partial charge < -0.3 is 10.2 Å². The smallest absolute Gasteiger partial charge is 0.261 e. The number of amides is 2. The molecule has 0 aliphatic heterocycles. The third kappa shape index (κ3) is 5.27. The van der Waals surface area contributed by atoms with Crippen LogP contribution in [0, 0.1) is 12.7 Å². The number of nitrogens with one attached hydrogen (secondary N) is 2. The lowest BCUT2D eigenvalue weighted by atomic mass is 10.2. The van der Waals surface area contributed by atoms with Crippen molar-refractivity contribution in [3.63, 3.8) is 0 Å². The van der Waals surface area contributed by atoms with Crippen LogP contribution >= 0.6 is 0 Å². The van der Waals surface area contributed by atoms with Gasteiger partial charge in [-0.05, 0) is 55.0 Å². The molecule has 0 aliphatic rings. The molecule has 0 unspecified atom stereocenters. The standard InChI is InChI=1S/C18H20FN3O4S/c1-12-10-15(8-9-16(12)19)27(25,26)21-14-6-4-13(5-7-14)18(24)20-11-17(23)22(2)3/h4-10,21H,11H2,1-3H3,(H,20,24). The van der Waals surface area contributed by atoms with Crippen molar-refractivity contribution in [2.45, 2.75) is 11.8 Å². The molecule has 0 spiro atoms. The van der Waals surface area contributed by atoms with Gasteiger partial charge in [0.15, 0.2) is 0 Å². The number of rotatable bonds is 6. The summed E-state index contributed by atoms with van der Waals surface area (Å²) in [6.07, 6.45) is 0. The molecule has 0 radical (unpaired) electrons. The monoisotopic (exact) mass is 393 g/mol. The van der Waals surface area contributed by atoms with E-state index in [9.17, 15) is 22.4 Å². The second kappa shape index (κ2) is 8.17. The summed E-state index contributed by atoms with van der Waals surface area (Å²) in [6, 6.07) is 9.22. The fourth-order valence-electron chi connectivity index (χ4n) is 2.10. The maximum absolute atomic E-state index is 13.3. The van der Waals surface area contributed by atoms with Crippen LogP contribution in [0.15, 0.2) is 47.4 Å². The van der Waals surface area contributed by atoms with Crippen molar-refractivity contribution in [1.82, 2.24) is 10.2 Å². The molecule has 0 saturated heterocycles. The van der Waals surface area contributed by atoms with E-state index in [0.29, 0.717) is 0 Å². The van der Waals surface area contributed by atoms with Crippen LogP contribution in [0.2, 0.25) is 0 Å². The summed E-state index contributed by atoms with van der Waals surface area (Å²) in [5, 5.41) is 2.48. The number of sulfonamides is 1. The van der Waals surface area contributed by atoms with Crippen molar-refractivity contribution < 1.29 is 22.4 Å². The van der Waals surface area contributed by atoms with E-state index in [4.69, 9.17) is 0 Å². The average Bonchev–Trinajstić information content (AvgIpc) is 2.61. The molecule has 2 N–H and O–H groups in total. The molecule has 7 nitrogen and oxygen atoms in total. The molecule has 0 saturated carbocycles. The van der Waals surface area contributed by atoms with Gasteiger partial charge in [-0.1, -0.05) is 0 Å². The first-order valence-electron chi connectivity index (χ1n) is 7.97. The lowest BCUT2D eigenvalue weighted by molar-refractivity contribution is -0.127. The normalized spacial score (nSPS) is 11.0. The molecule has 9 heteroatoms. The van der Waals surface area contributed by atoms with Gasteiger partial charge in [-0.2, -0.15) is 0 Å². The zero-order valence-corrected chi connectivity index (χ0v) is 15.9.